The number of ether oxygens (including phenoxy) is 1. The maximum atomic E-state index is 12.5. The van der Waals surface area contributed by atoms with Crippen LogP contribution >= 0.6 is 0 Å². The van der Waals surface area contributed by atoms with E-state index in [1.54, 1.807) is 6.92 Å². The highest BCUT2D eigenvalue weighted by molar-refractivity contribution is 4.78. The summed E-state index contributed by atoms with van der Waals surface area (Å²) >= 11 is 0. The van der Waals surface area contributed by atoms with Crippen molar-refractivity contribution in [3.8, 4) is 0 Å². The molecule has 1 N–H and O–H groups in total. The largest absolute Gasteiger partial charge is 0.394 e. The Morgan fingerprint density at radius 2 is 2.09 bits per heavy atom. The monoisotopic (exact) mass is 164 g/mol. The van der Waals surface area contributed by atoms with Crippen LogP contribution in [0.5, 0.6) is 0 Å². The standard InChI is InChI=1S/C6H11FO2.C2H6/c1-4-6(7)2-5(3-8)9-4;1-2/h4-6,8H,2-3H2,1H3;1-2H3/t4-,5-,6-;/m0./s1. The van der Waals surface area contributed by atoms with E-state index in [-0.39, 0.29) is 18.8 Å². The minimum atomic E-state index is -0.887. The Labute approximate surface area is 67.4 Å². The van der Waals surface area contributed by atoms with Gasteiger partial charge in [-0.1, -0.05) is 13.8 Å². The van der Waals surface area contributed by atoms with E-state index in [2.05, 4.69) is 0 Å². The van der Waals surface area contributed by atoms with Gasteiger partial charge in [0, 0.05) is 6.42 Å². The Hall–Kier alpha value is -0.150. The summed E-state index contributed by atoms with van der Waals surface area (Å²) < 4.78 is 17.5. The minimum Gasteiger partial charge on any atom is -0.394 e. The molecule has 0 radical (unpaired) electrons. The fourth-order valence-electron chi connectivity index (χ4n) is 1.00. The third-order valence-electron chi connectivity index (χ3n) is 1.61. The molecule has 1 rings (SSSR count). The highest BCUT2D eigenvalue weighted by Crippen LogP contribution is 2.21. The van der Waals surface area contributed by atoms with Gasteiger partial charge in [0.1, 0.15) is 6.17 Å². The summed E-state index contributed by atoms with van der Waals surface area (Å²) in [7, 11) is 0. The lowest BCUT2D eigenvalue weighted by molar-refractivity contribution is 0.0110. The van der Waals surface area contributed by atoms with Gasteiger partial charge in [0.05, 0.1) is 18.8 Å². The minimum absolute atomic E-state index is 0.0647. The molecule has 0 aromatic carbocycles. The van der Waals surface area contributed by atoms with Crippen LogP contribution in [0.15, 0.2) is 0 Å². The zero-order valence-electron chi connectivity index (χ0n) is 7.38. The second-order valence-corrected chi connectivity index (χ2v) is 2.40. The van der Waals surface area contributed by atoms with Crippen LogP contribution in [0.1, 0.15) is 27.2 Å². The average molecular weight is 164 g/mol. The van der Waals surface area contributed by atoms with Crippen LogP contribution in [0.3, 0.4) is 0 Å². The van der Waals surface area contributed by atoms with E-state index in [1.165, 1.54) is 0 Å². The van der Waals surface area contributed by atoms with E-state index in [0.717, 1.165) is 0 Å². The Bertz CT molecular complexity index is 88.1. The van der Waals surface area contributed by atoms with Crippen LogP contribution in [-0.4, -0.2) is 30.1 Å². The van der Waals surface area contributed by atoms with Gasteiger partial charge < -0.3 is 9.84 Å². The van der Waals surface area contributed by atoms with E-state index in [1.807, 2.05) is 13.8 Å². The van der Waals surface area contributed by atoms with Gasteiger partial charge in [-0.3, -0.25) is 0 Å². The second kappa shape index (κ2) is 5.49. The first-order valence-corrected chi connectivity index (χ1v) is 4.14. The van der Waals surface area contributed by atoms with Crippen molar-refractivity contribution in [3.63, 3.8) is 0 Å². The molecule has 0 bridgehead atoms. The molecule has 68 valence electrons. The van der Waals surface area contributed by atoms with Crippen molar-refractivity contribution in [2.24, 2.45) is 0 Å². The van der Waals surface area contributed by atoms with Crippen molar-refractivity contribution >= 4 is 0 Å². The van der Waals surface area contributed by atoms with Crippen LogP contribution < -0.4 is 0 Å². The van der Waals surface area contributed by atoms with Crippen molar-refractivity contribution in [2.75, 3.05) is 6.61 Å². The lowest BCUT2D eigenvalue weighted by atomic mass is 10.2. The highest BCUT2D eigenvalue weighted by Gasteiger charge is 2.31. The summed E-state index contributed by atoms with van der Waals surface area (Å²) in [5, 5.41) is 8.51. The SMILES string of the molecule is CC.C[C@@H]1O[C@H](CO)C[C@@H]1F. The van der Waals surface area contributed by atoms with Crippen molar-refractivity contribution in [2.45, 2.75) is 45.6 Å². The quantitative estimate of drug-likeness (QED) is 0.636. The Kier molecular flexibility index (Phi) is 5.42. The molecule has 1 heterocycles. The lowest BCUT2D eigenvalue weighted by Crippen LogP contribution is -2.12. The van der Waals surface area contributed by atoms with Crippen molar-refractivity contribution in [1.29, 1.82) is 0 Å². The van der Waals surface area contributed by atoms with Gasteiger partial charge in [-0.2, -0.15) is 0 Å². The van der Waals surface area contributed by atoms with Gasteiger partial charge in [-0.05, 0) is 6.92 Å². The fourth-order valence-corrected chi connectivity index (χ4v) is 1.00. The van der Waals surface area contributed by atoms with Crippen LogP contribution in [0, 0.1) is 0 Å². The normalized spacial score (nSPS) is 36.3. The first-order valence-electron chi connectivity index (χ1n) is 4.14. The predicted molar refractivity (Wildman–Crippen MR) is 42.3 cm³/mol. The molecule has 0 spiro atoms. The summed E-state index contributed by atoms with van der Waals surface area (Å²) in [6, 6.07) is 0. The topological polar surface area (TPSA) is 29.5 Å². The van der Waals surface area contributed by atoms with Crippen molar-refractivity contribution in [1.82, 2.24) is 0 Å². The number of halogens is 1. The molecular formula is C8H17FO2. The maximum Gasteiger partial charge on any atom is 0.128 e. The molecular weight excluding hydrogens is 147 g/mol. The van der Waals surface area contributed by atoms with Gasteiger partial charge in [-0.25, -0.2) is 4.39 Å². The van der Waals surface area contributed by atoms with Gasteiger partial charge >= 0.3 is 0 Å². The first-order chi connectivity index (χ1) is 5.24. The molecule has 0 amide bonds. The van der Waals surface area contributed by atoms with Gasteiger partial charge in [0.2, 0.25) is 0 Å². The summed E-state index contributed by atoms with van der Waals surface area (Å²) in [6.07, 6.45) is -1.14. The molecule has 0 unspecified atom stereocenters. The number of alkyl halides is 1. The van der Waals surface area contributed by atoms with Gasteiger partial charge in [0.25, 0.3) is 0 Å². The molecule has 0 aromatic heterocycles. The molecule has 3 heteroatoms. The molecule has 1 fully saturated rings. The van der Waals surface area contributed by atoms with E-state index in [4.69, 9.17) is 9.84 Å². The van der Waals surface area contributed by atoms with Crippen LogP contribution in [-0.2, 0) is 4.74 Å². The molecule has 1 aliphatic heterocycles. The van der Waals surface area contributed by atoms with Crippen molar-refractivity contribution < 1.29 is 14.2 Å². The zero-order chi connectivity index (χ0) is 8.85. The molecule has 0 aliphatic carbocycles. The van der Waals surface area contributed by atoms with Crippen LogP contribution in [0.25, 0.3) is 0 Å². The van der Waals surface area contributed by atoms with E-state index in [9.17, 15) is 4.39 Å². The predicted octanol–water partition coefficient (Wildman–Crippen LogP) is 1.52. The smallest absolute Gasteiger partial charge is 0.128 e. The molecule has 11 heavy (non-hydrogen) atoms. The third-order valence-corrected chi connectivity index (χ3v) is 1.61. The highest BCUT2D eigenvalue weighted by atomic mass is 19.1. The number of aliphatic hydroxyl groups excluding tert-OH is 1. The fraction of sp³-hybridized carbons (Fsp3) is 1.00. The first kappa shape index (κ1) is 10.8. The summed E-state index contributed by atoms with van der Waals surface area (Å²) in [5.41, 5.74) is 0. The van der Waals surface area contributed by atoms with Gasteiger partial charge in [0.15, 0.2) is 0 Å². The maximum absolute atomic E-state index is 12.5. The van der Waals surface area contributed by atoms with Crippen LogP contribution in [0.4, 0.5) is 4.39 Å². The van der Waals surface area contributed by atoms with Crippen molar-refractivity contribution in [3.05, 3.63) is 0 Å². The average Bonchev–Trinajstić information content (AvgIpc) is 2.36. The van der Waals surface area contributed by atoms with E-state index in [0.29, 0.717) is 6.42 Å². The molecule has 2 nitrogen and oxygen atoms in total. The summed E-state index contributed by atoms with van der Waals surface area (Å²) in [4.78, 5) is 0. The Morgan fingerprint density at radius 1 is 1.55 bits per heavy atom. The molecule has 0 saturated carbocycles. The number of hydrogen-bond acceptors (Lipinski definition) is 2. The third kappa shape index (κ3) is 3.16. The number of hydrogen-bond donors (Lipinski definition) is 1. The van der Waals surface area contributed by atoms with Gasteiger partial charge in [-0.15, -0.1) is 0 Å². The second-order valence-electron chi connectivity index (χ2n) is 2.40. The summed E-state index contributed by atoms with van der Waals surface area (Å²) in [6.45, 7) is 5.62. The van der Waals surface area contributed by atoms with E-state index >= 15 is 0 Å². The molecule has 1 aliphatic rings. The Balaban J connectivity index is 0.000000461. The number of rotatable bonds is 1. The molecule has 3 atom stereocenters. The zero-order valence-corrected chi connectivity index (χ0v) is 7.38. The molecule has 1 saturated heterocycles. The van der Waals surface area contributed by atoms with Crippen LogP contribution in [0.2, 0.25) is 0 Å². The molecule has 0 aromatic rings. The van der Waals surface area contributed by atoms with E-state index < -0.39 is 6.17 Å². The Morgan fingerprint density at radius 3 is 2.27 bits per heavy atom. The summed E-state index contributed by atoms with van der Waals surface area (Å²) in [5.74, 6) is 0. The lowest BCUT2D eigenvalue weighted by Gasteiger charge is -2.05. The number of aliphatic hydroxyl groups is 1.